The van der Waals surface area contributed by atoms with Gasteiger partial charge in [-0.2, -0.15) is 0 Å². The van der Waals surface area contributed by atoms with E-state index in [4.69, 9.17) is 5.73 Å². The summed E-state index contributed by atoms with van der Waals surface area (Å²) >= 11 is 0. The zero-order valence-electron chi connectivity index (χ0n) is 10.4. The molecule has 2 rings (SSSR count). The zero-order chi connectivity index (χ0) is 13.1. The number of phenols is 1. The number of amides is 1. The van der Waals surface area contributed by atoms with E-state index in [0.717, 1.165) is 5.56 Å². The van der Waals surface area contributed by atoms with Crippen LogP contribution >= 0.6 is 0 Å². The van der Waals surface area contributed by atoms with Crippen LogP contribution in [0.4, 0.5) is 0 Å². The van der Waals surface area contributed by atoms with Crippen molar-refractivity contribution in [2.75, 3.05) is 7.05 Å². The molecular formula is C14H18N2O2. The van der Waals surface area contributed by atoms with E-state index in [9.17, 15) is 9.90 Å². The van der Waals surface area contributed by atoms with Gasteiger partial charge < -0.3 is 15.7 Å². The quantitative estimate of drug-likeness (QED) is 0.789. The van der Waals surface area contributed by atoms with Crippen LogP contribution in [-0.2, 0) is 11.3 Å². The van der Waals surface area contributed by atoms with Crippen LogP contribution in [0.5, 0.6) is 5.75 Å². The summed E-state index contributed by atoms with van der Waals surface area (Å²) in [6.07, 6.45) is 4.41. The molecular weight excluding hydrogens is 228 g/mol. The van der Waals surface area contributed by atoms with Crippen LogP contribution in [0.2, 0.25) is 0 Å². The van der Waals surface area contributed by atoms with Gasteiger partial charge in [-0.3, -0.25) is 4.79 Å². The lowest BCUT2D eigenvalue weighted by Gasteiger charge is -2.21. The number of carbonyl (C=O) groups is 1. The maximum absolute atomic E-state index is 12.1. The number of phenolic OH excluding ortho intramolecular Hbond substituents is 1. The van der Waals surface area contributed by atoms with Crippen LogP contribution in [-0.4, -0.2) is 29.0 Å². The SMILES string of the molecule is CN(Cc1ccccc1O)C(=O)C1C=CC(N)C1. The van der Waals surface area contributed by atoms with Crippen molar-refractivity contribution in [3.05, 3.63) is 42.0 Å². The van der Waals surface area contributed by atoms with E-state index in [2.05, 4.69) is 0 Å². The Labute approximate surface area is 107 Å². The van der Waals surface area contributed by atoms with E-state index in [0.29, 0.717) is 13.0 Å². The molecule has 96 valence electrons. The lowest BCUT2D eigenvalue weighted by atomic mass is 10.1. The minimum atomic E-state index is -0.129. The van der Waals surface area contributed by atoms with Crippen LogP contribution in [0.3, 0.4) is 0 Å². The summed E-state index contributed by atoms with van der Waals surface area (Å²) in [6.45, 7) is 0.408. The van der Waals surface area contributed by atoms with E-state index >= 15 is 0 Å². The number of hydrogen-bond donors (Lipinski definition) is 2. The van der Waals surface area contributed by atoms with Crippen molar-refractivity contribution < 1.29 is 9.90 Å². The third-order valence-corrected chi connectivity index (χ3v) is 3.21. The molecule has 0 saturated heterocycles. The monoisotopic (exact) mass is 246 g/mol. The van der Waals surface area contributed by atoms with Crippen LogP contribution in [0.15, 0.2) is 36.4 Å². The second-order valence-electron chi connectivity index (χ2n) is 4.71. The lowest BCUT2D eigenvalue weighted by molar-refractivity contribution is -0.133. The Morgan fingerprint density at radius 2 is 2.17 bits per heavy atom. The van der Waals surface area contributed by atoms with Crippen molar-refractivity contribution >= 4 is 5.91 Å². The molecule has 3 N–H and O–H groups in total. The Morgan fingerprint density at radius 1 is 1.44 bits per heavy atom. The maximum atomic E-state index is 12.1. The van der Waals surface area contributed by atoms with Crippen molar-refractivity contribution in [3.8, 4) is 5.75 Å². The summed E-state index contributed by atoms with van der Waals surface area (Å²) in [5, 5.41) is 9.68. The largest absolute Gasteiger partial charge is 0.508 e. The van der Waals surface area contributed by atoms with Crippen LogP contribution < -0.4 is 5.73 Å². The second-order valence-corrected chi connectivity index (χ2v) is 4.71. The molecule has 0 saturated carbocycles. The summed E-state index contributed by atoms with van der Waals surface area (Å²) in [5.41, 5.74) is 6.49. The Hall–Kier alpha value is -1.81. The molecule has 0 aromatic heterocycles. The van der Waals surface area contributed by atoms with Gasteiger partial charge in [0.25, 0.3) is 0 Å². The summed E-state index contributed by atoms with van der Waals surface area (Å²) in [6, 6.07) is 7.03. The van der Waals surface area contributed by atoms with Gasteiger partial charge in [0.2, 0.25) is 5.91 Å². The topological polar surface area (TPSA) is 66.6 Å². The molecule has 0 radical (unpaired) electrons. The van der Waals surface area contributed by atoms with Gasteiger partial charge in [0, 0.05) is 25.2 Å². The maximum Gasteiger partial charge on any atom is 0.229 e. The standard InChI is InChI=1S/C14H18N2O2/c1-16(9-11-4-2-3-5-13(11)17)14(18)10-6-7-12(15)8-10/h2-7,10,12,17H,8-9,15H2,1H3. The van der Waals surface area contributed by atoms with Gasteiger partial charge in [-0.25, -0.2) is 0 Å². The molecule has 2 atom stereocenters. The predicted molar refractivity (Wildman–Crippen MR) is 69.8 cm³/mol. The smallest absolute Gasteiger partial charge is 0.229 e. The Balaban J connectivity index is 2.00. The lowest BCUT2D eigenvalue weighted by Crippen LogP contribution is -2.32. The van der Waals surface area contributed by atoms with Crippen molar-refractivity contribution in [3.63, 3.8) is 0 Å². The number of hydrogen-bond acceptors (Lipinski definition) is 3. The first-order chi connectivity index (χ1) is 8.58. The van der Waals surface area contributed by atoms with Gasteiger partial charge in [0.15, 0.2) is 0 Å². The fraction of sp³-hybridized carbons (Fsp3) is 0.357. The molecule has 0 heterocycles. The highest BCUT2D eigenvalue weighted by molar-refractivity contribution is 5.81. The van der Waals surface area contributed by atoms with E-state index < -0.39 is 0 Å². The minimum absolute atomic E-state index is 0.0162. The van der Waals surface area contributed by atoms with Gasteiger partial charge in [0.05, 0.1) is 5.92 Å². The van der Waals surface area contributed by atoms with Crippen LogP contribution in [0.25, 0.3) is 0 Å². The van der Waals surface area contributed by atoms with Gasteiger partial charge in [0.1, 0.15) is 5.75 Å². The molecule has 4 nitrogen and oxygen atoms in total. The number of carbonyl (C=O) groups excluding carboxylic acids is 1. The molecule has 0 spiro atoms. The van der Waals surface area contributed by atoms with E-state index in [-0.39, 0.29) is 23.6 Å². The van der Waals surface area contributed by atoms with Crippen molar-refractivity contribution in [2.45, 2.75) is 19.0 Å². The molecule has 4 heteroatoms. The van der Waals surface area contributed by atoms with Gasteiger partial charge >= 0.3 is 0 Å². The first-order valence-electron chi connectivity index (χ1n) is 6.03. The Kier molecular flexibility index (Phi) is 3.67. The average molecular weight is 246 g/mol. The number of aromatic hydroxyl groups is 1. The number of nitrogens with two attached hydrogens (primary N) is 1. The summed E-state index contributed by atoms with van der Waals surface area (Å²) in [4.78, 5) is 13.8. The molecule has 0 bridgehead atoms. The first-order valence-corrected chi connectivity index (χ1v) is 6.03. The molecule has 1 aliphatic carbocycles. The molecule has 2 unspecified atom stereocenters. The second kappa shape index (κ2) is 5.23. The molecule has 0 fully saturated rings. The van der Waals surface area contributed by atoms with Gasteiger partial charge in [-0.15, -0.1) is 0 Å². The summed E-state index contributed by atoms with van der Waals surface area (Å²) in [7, 11) is 1.74. The zero-order valence-corrected chi connectivity index (χ0v) is 10.4. The van der Waals surface area contributed by atoms with E-state index in [1.165, 1.54) is 0 Å². The molecule has 1 amide bonds. The Bertz CT molecular complexity index is 471. The Morgan fingerprint density at radius 3 is 2.78 bits per heavy atom. The fourth-order valence-electron chi connectivity index (χ4n) is 2.17. The summed E-state index contributed by atoms with van der Waals surface area (Å²) in [5.74, 6) is 0.133. The molecule has 1 aromatic rings. The van der Waals surface area contributed by atoms with Crippen LogP contribution in [0, 0.1) is 5.92 Å². The highest BCUT2D eigenvalue weighted by Gasteiger charge is 2.25. The van der Waals surface area contributed by atoms with E-state index in [1.807, 2.05) is 24.3 Å². The first kappa shape index (κ1) is 12.6. The average Bonchev–Trinajstić information content (AvgIpc) is 2.78. The molecule has 0 aliphatic heterocycles. The summed E-state index contributed by atoms with van der Waals surface area (Å²) < 4.78 is 0. The van der Waals surface area contributed by atoms with Crippen molar-refractivity contribution in [1.82, 2.24) is 4.90 Å². The third kappa shape index (κ3) is 2.71. The fourth-order valence-corrected chi connectivity index (χ4v) is 2.17. The normalized spacial score (nSPS) is 22.1. The minimum Gasteiger partial charge on any atom is -0.508 e. The van der Waals surface area contributed by atoms with Gasteiger partial charge in [-0.1, -0.05) is 30.4 Å². The predicted octanol–water partition coefficient (Wildman–Crippen LogP) is 1.25. The van der Waals surface area contributed by atoms with E-state index in [1.54, 1.807) is 24.1 Å². The number of benzene rings is 1. The van der Waals surface area contributed by atoms with Crippen molar-refractivity contribution in [1.29, 1.82) is 0 Å². The van der Waals surface area contributed by atoms with Crippen LogP contribution in [0.1, 0.15) is 12.0 Å². The number of para-hydroxylation sites is 1. The number of nitrogens with zero attached hydrogens (tertiary/aromatic N) is 1. The molecule has 18 heavy (non-hydrogen) atoms. The third-order valence-electron chi connectivity index (χ3n) is 3.21. The number of rotatable bonds is 3. The van der Waals surface area contributed by atoms with Gasteiger partial charge in [-0.05, 0) is 12.5 Å². The molecule has 1 aliphatic rings. The molecule has 1 aromatic carbocycles. The highest BCUT2D eigenvalue weighted by atomic mass is 16.3. The highest BCUT2D eigenvalue weighted by Crippen LogP contribution is 2.21. The van der Waals surface area contributed by atoms with Crippen molar-refractivity contribution in [2.24, 2.45) is 11.7 Å².